The van der Waals surface area contributed by atoms with Crippen molar-refractivity contribution in [1.29, 1.82) is 0 Å². The zero-order valence-corrected chi connectivity index (χ0v) is 22.2. The highest BCUT2D eigenvalue weighted by atomic mass is 35.5. The molecule has 1 aliphatic heterocycles. The second kappa shape index (κ2) is 11.5. The predicted molar refractivity (Wildman–Crippen MR) is 142 cm³/mol. The minimum atomic E-state index is -0.534. The number of thiophene rings is 1. The standard InChI is InChI=1S/C25H23ClN4O5S2/c1-33-24(32)21-18(15-6-8-16(26)9-7-15)13-36-23(21)27-20(31)14-37-25-29-28-22(19-5-3-11-35-19)30(25)12-17-4-2-10-34-17/h3,5-9,11,13,17H,2,4,10,12,14H2,1H3,(H,27,31). The third kappa shape index (κ3) is 5.74. The van der Waals surface area contributed by atoms with E-state index in [2.05, 4.69) is 15.5 Å². The second-order valence-corrected chi connectivity index (χ2v) is 10.5. The van der Waals surface area contributed by atoms with Crippen LogP contribution < -0.4 is 5.32 Å². The molecule has 0 radical (unpaired) electrons. The van der Waals surface area contributed by atoms with Crippen molar-refractivity contribution in [2.75, 3.05) is 24.8 Å². The van der Waals surface area contributed by atoms with Gasteiger partial charge in [0.15, 0.2) is 10.9 Å². The number of carbonyl (C=O) groups excluding carboxylic acids is 2. The van der Waals surface area contributed by atoms with E-state index in [0.29, 0.717) is 44.4 Å². The molecule has 1 amide bonds. The third-order valence-electron chi connectivity index (χ3n) is 5.79. The summed E-state index contributed by atoms with van der Waals surface area (Å²) in [6, 6.07) is 10.7. The molecule has 37 heavy (non-hydrogen) atoms. The van der Waals surface area contributed by atoms with E-state index in [1.807, 2.05) is 28.1 Å². The topological polar surface area (TPSA) is 108 Å². The minimum absolute atomic E-state index is 0.0536. The molecule has 0 spiro atoms. The number of benzene rings is 1. The Labute approximate surface area is 226 Å². The molecule has 4 heterocycles. The summed E-state index contributed by atoms with van der Waals surface area (Å²) in [5, 5.41) is 14.9. The van der Waals surface area contributed by atoms with Gasteiger partial charge >= 0.3 is 5.97 Å². The van der Waals surface area contributed by atoms with Crippen molar-refractivity contribution >= 4 is 51.6 Å². The van der Waals surface area contributed by atoms with E-state index in [4.69, 9.17) is 25.5 Å². The molecule has 0 aliphatic carbocycles. The number of amides is 1. The van der Waals surface area contributed by atoms with Gasteiger partial charge < -0.3 is 19.2 Å². The van der Waals surface area contributed by atoms with Gasteiger partial charge in [-0.25, -0.2) is 4.79 Å². The van der Waals surface area contributed by atoms with E-state index in [0.717, 1.165) is 25.0 Å². The number of esters is 1. The fourth-order valence-corrected chi connectivity index (χ4v) is 5.88. The van der Waals surface area contributed by atoms with Crippen molar-refractivity contribution in [3.8, 4) is 22.7 Å². The predicted octanol–water partition coefficient (Wildman–Crippen LogP) is 5.62. The van der Waals surface area contributed by atoms with Crippen molar-refractivity contribution in [1.82, 2.24) is 14.8 Å². The first kappa shape index (κ1) is 25.5. The monoisotopic (exact) mass is 558 g/mol. The van der Waals surface area contributed by atoms with E-state index in [9.17, 15) is 9.59 Å². The number of hydrogen-bond donors (Lipinski definition) is 1. The van der Waals surface area contributed by atoms with Gasteiger partial charge in [0.1, 0.15) is 10.6 Å². The molecule has 1 N–H and O–H groups in total. The third-order valence-corrected chi connectivity index (χ3v) is 7.90. The van der Waals surface area contributed by atoms with Crippen LogP contribution in [0.5, 0.6) is 0 Å². The molecule has 5 rings (SSSR count). The molecule has 1 aliphatic rings. The summed E-state index contributed by atoms with van der Waals surface area (Å²) in [5.74, 6) is 0.427. The van der Waals surface area contributed by atoms with Crippen molar-refractivity contribution < 1.29 is 23.5 Å². The molecular weight excluding hydrogens is 536 g/mol. The van der Waals surface area contributed by atoms with Crippen LogP contribution >= 0.6 is 34.7 Å². The summed E-state index contributed by atoms with van der Waals surface area (Å²) >= 11 is 8.52. The van der Waals surface area contributed by atoms with Gasteiger partial charge in [0.25, 0.3) is 0 Å². The summed E-state index contributed by atoms with van der Waals surface area (Å²) in [4.78, 5) is 25.5. The first-order valence-corrected chi connectivity index (χ1v) is 13.7. The number of thioether (sulfide) groups is 1. The van der Waals surface area contributed by atoms with Gasteiger partial charge in [-0.15, -0.1) is 21.5 Å². The van der Waals surface area contributed by atoms with Crippen LogP contribution in [0, 0.1) is 0 Å². The maximum atomic E-state index is 12.9. The highest BCUT2D eigenvalue weighted by Gasteiger charge is 2.25. The zero-order valence-electron chi connectivity index (χ0n) is 19.8. The number of furan rings is 1. The van der Waals surface area contributed by atoms with Crippen LogP contribution in [0.3, 0.4) is 0 Å². The summed E-state index contributed by atoms with van der Waals surface area (Å²) in [6.45, 7) is 1.30. The highest BCUT2D eigenvalue weighted by Crippen LogP contribution is 2.37. The molecule has 12 heteroatoms. The number of nitrogens with one attached hydrogen (secondary N) is 1. The number of aromatic nitrogens is 3. The minimum Gasteiger partial charge on any atom is -0.465 e. The average molecular weight is 559 g/mol. The molecule has 1 fully saturated rings. The second-order valence-electron chi connectivity index (χ2n) is 8.22. The van der Waals surface area contributed by atoms with Crippen molar-refractivity contribution in [2.45, 2.75) is 30.6 Å². The Morgan fingerprint density at radius 3 is 2.81 bits per heavy atom. The molecule has 3 aromatic heterocycles. The lowest BCUT2D eigenvalue weighted by Gasteiger charge is -2.14. The van der Waals surface area contributed by atoms with Crippen LogP contribution in [0.15, 0.2) is 57.6 Å². The van der Waals surface area contributed by atoms with Gasteiger partial charge in [-0.05, 0) is 42.7 Å². The smallest absolute Gasteiger partial charge is 0.341 e. The van der Waals surface area contributed by atoms with Gasteiger partial charge in [-0.2, -0.15) is 0 Å². The van der Waals surface area contributed by atoms with E-state index in [1.54, 1.807) is 24.5 Å². The number of methoxy groups -OCH3 is 1. The summed E-state index contributed by atoms with van der Waals surface area (Å²) in [7, 11) is 1.31. The fraction of sp³-hybridized carbons (Fsp3) is 0.280. The Balaban J connectivity index is 1.32. The number of anilines is 1. The molecular formula is C25H23ClN4O5S2. The van der Waals surface area contributed by atoms with Crippen LogP contribution in [0.25, 0.3) is 22.7 Å². The van der Waals surface area contributed by atoms with Gasteiger partial charge in [0.2, 0.25) is 11.7 Å². The van der Waals surface area contributed by atoms with Crippen LogP contribution in [-0.2, 0) is 20.8 Å². The molecule has 192 valence electrons. The maximum absolute atomic E-state index is 12.9. The molecule has 1 aromatic carbocycles. The number of carbonyl (C=O) groups is 2. The quantitative estimate of drug-likeness (QED) is 0.208. The molecule has 1 atom stereocenters. The number of ether oxygens (including phenoxy) is 2. The first-order valence-electron chi connectivity index (χ1n) is 11.5. The summed E-state index contributed by atoms with van der Waals surface area (Å²) < 4.78 is 18.3. The van der Waals surface area contributed by atoms with Gasteiger partial charge in [-0.3, -0.25) is 9.36 Å². The summed E-state index contributed by atoms with van der Waals surface area (Å²) in [5.41, 5.74) is 1.76. The van der Waals surface area contributed by atoms with E-state index < -0.39 is 5.97 Å². The van der Waals surface area contributed by atoms with Crippen LogP contribution in [-0.4, -0.2) is 52.2 Å². The van der Waals surface area contributed by atoms with Crippen LogP contribution in [0.1, 0.15) is 23.2 Å². The Kier molecular flexibility index (Phi) is 7.94. The SMILES string of the molecule is COC(=O)c1c(-c2ccc(Cl)cc2)csc1NC(=O)CSc1nnc(-c2ccco2)n1CC1CCCO1. The van der Waals surface area contributed by atoms with Crippen molar-refractivity contribution in [3.05, 3.63) is 58.6 Å². The molecule has 0 bridgehead atoms. The molecule has 1 saturated heterocycles. The summed E-state index contributed by atoms with van der Waals surface area (Å²) in [6.07, 6.45) is 3.59. The highest BCUT2D eigenvalue weighted by molar-refractivity contribution is 7.99. The Morgan fingerprint density at radius 2 is 2.11 bits per heavy atom. The molecule has 0 saturated carbocycles. The van der Waals surface area contributed by atoms with Crippen LogP contribution in [0.2, 0.25) is 5.02 Å². The lowest BCUT2D eigenvalue weighted by molar-refractivity contribution is -0.113. The molecule has 4 aromatic rings. The van der Waals surface area contributed by atoms with Crippen molar-refractivity contribution in [2.24, 2.45) is 0 Å². The Bertz CT molecular complexity index is 1380. The van der Waals surface area contributed by atoms with E-state index in [1.165, 1.54) is 30.2 Å². The number of hydrogen-bond acceptors (Lipinski definition) is 9. The number of nitrogens with zero attached hydrogens (tertiary/aromatic N) is 3. The Morgan fingerprint density at radius 1 is 1.27 bits per heavy atom. The Hall–Kier alpha value is -3.12. The normalized spacial score (nSPS) is 15.1. The first-order chi connectivity index (χ1) is 18.0. The van der Waals surface area contributed by atoms with E-state index >= 15 is 0 Å². The molecule has 9 nitrogen and oxygen atoms in total. The van der Waals surface area contributed by atoms with Crippen LogP contribution in [0.4, 0.5) is 5.00 Å². The average Bonchev–Trinajstić information content (AvgIpc) is 3.71. The van der Waals surface area contributed by atoms with E-state index in [-0.39, 0.29) is 17.8 Å². The maximum Gasteiger partial charge on any atom is 0.341 e. The largest absolute Gasteiger partial charge is 0.465 e. The number of halogens is 1. The lowest BCUT2D eigenvalue weighted by Crippen LogP contribution is -2.18. The number of rotatable bonds is 9. The van der Waals surface area contributed by atoms with Gasteiger partial charge in [-0.1, -0.05) is 35.5 Å². The molecule has 1 unspecified atom stereocenters. The van der Waals surface area contributed by atoms with Gasteiger partial charge in [0.05, 0.1) is 31.8 Å². The fourth-order valence-electron chi connectivity index (χ4n) is 4.03. The van der Waals surface area contributed by atoms with Gasteiger partial charge in [0, 0.05) is 22.6 Å². The van der Waals surface area contributed by atoms with Crippen molar-refractivity contribution in [3.63, 3.8) is 0 Å². The lowest BCUT2D eigenvalue weighted by atomic mass is 10.0. The zero-order chi connectivity index (χ0) is 25.8.